The van der Waals surface area contributed by atoms with Crippen molar-refractivity contribution in [2.75, 3.05) is 11.9 Å². The van der Waals surface area contributed by atoms with E-state index in [1.54, 1.807) is 0 Å². The lowest BCUT2D eigenvalue weighted by atomic mass is 10.1. The second-order valence-corrected chi connectivity index (χ2v) is 4.26. The van der Waals surface area contributed by atoms with Crippen molar-refractivity contribution in [1.82, 2.24) is 15.0 Å². The van der Waals surface area contributed by atoms with Gasteiger partial charge in [0.05, 0.1) is 12.6 Å². The smallest absolute Gasteiger partial charge is 0.322 e. The summed E-state index contributed by atoms with van der Waals surface area (Å²) in [4.78, 5) is 12.1. The zero-order valence-electron chi connectivity index (χ0n) is 10.8. The van der Waals surface area contributed by atoms with E-state index in [-0.39, 0.29) is 17.3 Å². The Morgan fingerprint density at radius 3 is 2.63 bits per heavy atom. The molecule has 1 atom stereocenters. The highest BCUT2D eigenvalue weighted by Gasteiger charge is 2.10. The van der Waals surface area contributed by atoms with Crippen molar-refractivity contribution in [3.8, 4) is 6.01 Å². The minimum absolute atomic E-state index is 0.0640. The first-order chi connectivity index (χ1) is 9.19. The number of hydrogen-bond acceptors (Lipinski definition) is 5. The third kappa shape index (κ3) is 3.79. The van der Waals surface area contributed by atoms with Gasteiger partial charge in [0.1, 0.15) is 0 Å². The summed E-state index contributed by atoms with van der Waals surface area (Å²) in [5.74, 6) is 0.403. The van der Waals surface area contributed by atoms with Crippen LogP contribution in [0.4, 0.5) is 5.95 Å². The van der Waals surface area contributed by atoms with Crippen molar-refractivity contribution in [2.45, 2.75) is 19.9 Å². The van der Waals surface area contributed by atoms with E-state index in [1.807, 2.05) is 44.2 Å². The molecular weight excluding hydrogens is 264 g/mol. The van der Waals surface area contributed by atoms with Crippen molar-refractivity contribution in [1.29, 1.82) is 0 Å². The summed E-state index contributed by atoms with van der Waals surface area (Å²) >= 11 is 5.83. The van der Waals surface area contributed by atoms with Gasteiger partial charge in [-0.15, -0.1) is 0 Å². The number of ether oxygens (including phenoxy) is 1. The monoisotopic (exact) mass is 278 g/mol. The predicted molar refractivity (Wildman–Crippen MR) is 74.5 cm³/mol. The Hall–Kier alpha value is -1.88. The first kappa shape index (κ1) is 13.5. The number of anilines is 1. The van der Waals surface area contributed by atoms with Gasteiger partial charge in [0.25, 0.3) is 0 Å². The van der Waals surface area contributed by atoms with Crippen LogP contribution in [0.1, 0.15) is 25.5 Å². The Balaban J connectivity index is 2.14. The van der Waals surface area contributed by atoms with Gasteiger partial charge in [-0.05, 0) is 31.0 Å². The van der Waals surface area contributed by atoms with Crippen LogP contribution in [0.2, 0.25) is 5.28 Å². The predicted octanol–water partition coefficient (Wildman–Crippen LogP) is 3.10. The molecule has 1 heterocycles. The highest BCUT2D eigenvalue weighted by Crippen LogP contribution is 2.18. The fourth-order valence-corrected chi connectivity index (χ4v) is 1.76. The molecule has 2 rings (SSSR count). The summed E-state index contributed by atoms with van der Waals surface area (Å²) < 4.78 is 5.23. The number of nitrogens with one attached hydrogen (secondary N) is 1. The van der Waals surface area contributed by atoms with Crippen LogP contribution in [0, 0.1) is 0 Å². The summed E-state index contributed by atoms with van der Waals surface area (Å²) in [5, 5.41) is 3.28. The van der Waals surface area contributed by atoms with Gasteiger partial charge in [0.2, 0.25) is 11.2 Å². The van der Waals surface area contributed by atoms with E-state index in [0.717, 1.165) is 5.56 Å². The zero-order chi connectivity index (χ0) is 13.7. The van der Waals surface area contributed by atoms with Crippen molar-refractivity contribution in [2.24, 2.45) is 0 Å². The molecule has 0 aliphatic heterocycles. The lowest BCUT2D eigenvalue weighted by molar-refractivity contribution is 0.312. The molecular formula is C13H15ClN4O. The van der Waals surface area contributed by atoms with E-state index in [9.17, 15) is 0 Å². The maximum absolute atomic E-state index is 5.83. The van der Waals surface area contributed by atoms with Crippen molar-refractivity contribution in [3.63, 3.8) is 0 Å². The average molecular weight is 279 g/mol. The number of benzene rings is 1. The summed E-state index contributed by atoms with van der Waals surface area (Å²) in [5.41, 5.74) is 1.14. The lowest BCUT2D eigenvalue weighted by Gasteiger charge is -2.14. The summed E-state index contributed by atoms with van der Waals surface area (Å²) in [7, 11) is 0. The lowest BCUT2D eigenvalue weighted by Crippen LogP contribution is -2.11. The normalized spacial score (nSPS) is 11.9. The highest BCUT2D eigenvalue weighted by atomic mass is 35.5. The van der Waals surface area contributed by atoms with Gasteiger partial charge in [-0.3, -0.25) is 0 Å². The van der Waals surface area contributed by atoms with Gasteiger partial charge < -0.3 is 10.1 Å². The van der Waals surface area contributed by atoms with E-state index in [4.69, 9.17) is 16.3 Å². The van der Waals surface area contributed by atoms with E-state index < -0.39 is 0 Å². The molecule has 0 aliphatic rings. The van der Waals surface area contributed by atoms with Crippen molar-refractivity contribution >= 4 is 17.5 Å². The minimum atomic E-state index is 0.0640. The number of aromatic nitrogens is 3. The Morgan fingerprint density at radius 1 is 1.21 bits per heavy atom. The summed E-state index contributed by atoms with van der Waals surface area (Å²) in [6.45, 7) is 4.36. The molecule has 0 amide bonds. The fraction of sp³-hybridized carbons (Fsp3) is 0.308. The summed E-state index contributed by atoms with van der Waals surface area (Å²) in [6.07, 6.45) is 0. The third-order valence-corrected chi connectivity index (χ3v) is 2.68. The van der Waals surface area contributed by atoms with Crippen LogP contribution in [0.25, 0.3) is 0 Å². The molecule has 19 heavy (non-hydrogen) atoms. The first-order valence-corrected chi connectivity index (χ1v) is 6.42. The second-order valence-electron chi connectivity index (χ2n) is 3.92. The van der Waals surface area contributed by atoms with Crippen molar-refractivity contribution in [3.05, 3.63) is 41.2 Å². The van der Waals surface area contributed by atoms with Gasteiger partial charge in [-0.2, -0.15) is 15.0 Å². The standard InChI is InChI=1S/C13H15ClN4O/c1-3-19-13-17-11(14)16-12(18-13)15-9(2)10-7-5-4-6-8-10/h4-9H,3H2,1-2H3,(H,15,16,17,18). The highest BCUT2D eigenvalue weighted by molar-refractivity contribution is 6.28. The molecule has 6 heteroatoms. The summed E-state index contributed by atoms with van der Waals surface area (Å²) in [6, 6.07) is 10.3. The molecule has 1 aromatic carbocycles. The molecule has 0 spiro atoms. The molecule has 1 unspecified atom stereocenters. The topological polar surface area (TPSA) is 59.9 Å². The molecule has 0 saturated carbocycles. The number of nitrogens with zero attached hydrogens (tertiary/aromatic N) is 3. The van der Waals surface area contributed by atoms with Crippen LogP contribution in [-0.2, 0) is 0 Å². The Kier molecular flexibility index (Phi) is 4.52. The van der Waals surface area contributed by atoms with E-state index >= 15 is 0 Å². The first-order valence-electron chi connectivity index (χ1n) is 6.05. The van der Waals surface area contributed by atoms with Gasteiger partial charge >= 0.3 is 6.01 Å². The molecule has 5 nitrogen and oxygen atoms in total. The Bertz CT molecular complexity index is 535. The van der Waals surface area contributed by atoms with Crippen LogP contribution < -0.4 is 10.1 Å². The Labute approximate surface area is 117 Å². The van der Waals surface area contributed by atoms with Crippen LogP contribution in [0.3, 0.4) is 0 Å². The van der Waals surface area contributed by atoms with Crippen LogP contribution in [-0.4, -0.2) is 21.6 Å². The maximum Gasteiger partial charge on any atom is 0.322 e. The molecule has 1 aromatic heterocycles. The number of rotatable bonds is 5. The fourth-order valence-electron chi connectivity index (χ4n) is 1.61. The SMILES string of the molecule is CCOc1nc(Cl)nc(NC(C)c2ccccc2)n1. The molecule has 0 radical (unpaired) electrons. The third-order valence-electron chi connectivity index (χ3n) is 2.51. The van der Waals surface area contributed by atoms with Gasteiger partial charge in [-0.1, -0.05) is 30.3 Å². The molecule has 0 bridgehead atoms. The van der Waals surface area contributed by atoms with E-state index in [0.29, 0.717) is 12.6 Å². The van der Waals surface area contributed by atoms with Crippen LogP contribution in [0.5, 0.6) is 6.01 Å². The van der Waals surface area contributed by atoms with Crippen LogP contribution >= 0.6 is 11.6 Å². The molecule has 0 saturated heterocycles. The number of hydrogen-bond donors (Lipinski definition) is 1. The van der Waals surface area contributed by atoms with Gasteiger partial charge in [0.15, 0.2) is 0 Å². The molecule has 1 N–H and O–H groups in total. The minimum Gasteiger partial charge on any atom is -0.464 e. The van der Waals surface area contributed by atoms with E-state index in [2.05, 4.69) is 20.3 Å². The zero-order valence-corrected chi connectivity index (χ0v) is 11.6. The molecule has 2 aromatic rings. The number of halogens is 1. The van der Waals surface area contributed by atoms with Gasteiger partial charge in [-0.25, -0.2) is 0 Å². The van der Waals surface area contributed by atoms with Crippen LogP contribution in [0.15, 0.2) is 30.3 Å². The Morgan fingerprint density at radius 2 is 1.95 bits per heavy atom. The van der Waals surface area contributed by atoms with Gasteiger partial charge in [0, 0.05) is 0 Å². The van der Waals surface area contributed by atoms with Crippen molar-refractivity contribution < 1.29 is 4.74 Å². The molecule has 0 aliphatic carbocycles. The van der Waals surface area contributed by atoms with E-state index in [1.165, 1.54) is 0 Å². The second kappa shape index (κ2) is 6.33. The quantitative estimate of drug-likeness (QED) is 0.911. The average Bonchev–Trinajstić information content (AvgIpc) is 2.39. The molecule has 100 valence electrons. The largest absolute Gasteiger partial charge is 0.464 e. The maximum atomic E-state index is 5.83. The molecule has 0 fully saturated rings.